The SMILES string of the molecule is COc1ccccc1/C(O)=C1/C(=O)C(=O)N(Cc2ccccn2)C1c1ccccc1F. The number of aromatic nitrogens is 1. The van der Waals surface area contributed by atoms with E-state index in [-0.39, 0.29) is 23.2 Å². The third-order valence-corrected chi connectivity index (χ3v) is 5.16. The highest BCUT2D eigenvalue weighted by Gasteiger charge is 2.47. The number of methoxy groups -OCH3 is 1. The summed E-state index contributed by atoms with van der Waals surface area (Å²) in [5, 5.41) is 11.1. The predicted molar refractivity (Wildman–Crippen MR) is 111 cm³/mol. The van der Waals surface area contributed by atoms with Gasteiger partial charge in [-0.1, -0.05) is 36.4 Å². The van der Waals surface area contributed by atoms with Crippen molar-refractivity contribution >= 4 is 17.4 Å². The normalized spacial score (nSPS) is 17.7. The molecule has 2 heterocycles. The van der Waals surface area contributed by atoms with E-state index in [9.17, 15) is 19.1 Å². The standard InChI is InChI=1S/C24H19FN2O4/c1-31-19-12-5-3-10-17(19)22(28)20-21(16-9-2-4-11-18(16)25)27(24(30)23(20)29)14-15-8-6-7-13-26-15/h2-13,21,28H,14H2,1H3/b22-20-. The van der Waals surface area contributed by atoms with Crippen LogP contribution in [0.2, 0.25) is 0 Å². The van der Waals surface area contributed by atoms with Crippen molar-refractivity contribution in [3.05, 3.63) is 101 Å². The van der Waals surface area contributed by atoms with Gasteiger partial charge in [0.1, 0.15) is 17.3 Å². The summed E-state index contributed by atoms with van der Waals surface area (Å²) in [6.07, 6.45) is 1.57. The van der Waals surface area contributed by atoms with Crippen LogP contribution in [-0.2, 0) is 16.1 Å². The lowest BCUT2D eigenvalue weighted by Gasteiger charge is -2.25. The van der Waals surface area contributed by atoms with Crippen LogP contribution >= 0.6 is 0 Å². The summed E-state index contributed by atoms with van der Waals surface area (Å²) < 4.78 is 20.1. The minimum atomic E-state index is -1.12. The third-order valence-electron chi connectivity index (χ3n) is 5.16. The number of nitrogens with zero attached hydrogens (tertiary/aromatic N) is 2. The van der Waals surface area contributed by atoms with E-state index < -0.39 is 29.3 Å². The molecule has 1 fully saturated rings. The largest absolute Gasteiger partial charge is 0.507 e. The van der Waals surface area contributed by atoms with E-state index in [0.29, 0.717) is 11.4 Å². The van der Waals surface area contributed by atoms with Gasteiger partial charge in [-0.05, 0) is 30.3 Å². The number of pyridine rings is 1. The van der Waals surface area contributed by atoms with Crippen LogP contribution < -0.4 is 4.74 Å². The molecule has 0 saturated carbocycles. The van der Waals surface area contributed by atoms with Crippen molar-refractivity contribution in [2.24, 2.45) is 0 Å². The van der Waals surface area contributed by atoms with Crippen LogP contribution in [0.1, 0.15) is 22.9 Å². The first-order chi connectivity index (χ1) is 15.0. The maximum atomic E-state index is 14.8. The van der Waals surface area contributed by atoms with Crippen LogP contribution in [-0.4, -0.2) is 33.8 Å². The van der Waals surface area contributed by atoms with Gasteiger partial charge in [-0.2, -0.15) is 0 Å². The second-order valence-electron chi connectivity index (χ2n) is 6.97. The lowest BCUT2D eigenvalue weighted by atomic mass is 9.94. The molecular formula is C24H19FN2O4. The van der Waals surface area contributed by atoms with Gasteiger partial charge in [0.05, 0.1) is 36.5 Å². The number of ketones is 1. The summed E-state index contributed by atoms with van der Waals surface area (Å²) in [4.78, 5) is 31.4. The van der Waals surface area contributed by atoms with Crippen molar-refractivity contribution in [3.63, 3.8) is 0 Å². The van der Waals surface area contributed by atoms with Gasteiger partial charge >= 0.3 is 0 Å². The van der Waals surface area contributed by atoms with E-state index >= 15 is 0 Å². The number of benzene rings is 2. The molecule has 4 rings (SSSR count). The van der Waals surface area contributed by atoms with Crippen molar-refractivity contribution in [2.45, 2.75) is 12.6 Å². The highest BCUT2D eigenvalue weighted by atomic mass is 19.1. The maximum absolute atomic E-state index is 14.8. The minimum absolute atomic E-state index is 0.0207. The average Bonchev–Trinajstić information content (AvgIpc) is 3.04. The first-order valence-electron chi connectivity index (χ1n) is 9.59. The van der Waals surface area contributed by atoms with Gasteiger partial charge in [0.25, 0.3) is 11.7 Å². The van der Waals surface area contributed by atoms with Gasteiger partial charge in [0.2, 0.25) is 0 Å². The van der Waals surface area contributed by atoms with Crippen molar-refractivity contribution in [1.82, 2.24) is 9.88 Å². The molecule has 1 saturated heterocycles. The number of amides is 1. The zero-order valence-electron chi connectivity index (χ0n) is 16.7. The molecule has 3 aromatic rings. The van der Waals surface area contributed by atoms with Crippen LogP contribution in [0.3, 0.4) is 0 Å². The molecular weight excluding hydrogens is 399 g/mol. The summed E-state index contributed by atoms with van der Waals surface area (Å²) in [5.74, 6) is -2.43. The molecule has 6 nitrogen and oxygen atoms in total. The Hall–Kier alpha value is -4.00. The molecule has 1 atom stereocenters. The Bertz CT molecular complexity index is 1180. The number of aliphatic hydroxyl groups excluding tert-OH is 1. The molecule has 7 heteroatoms. The molecule has 0 bridgehead atoms. The van der Waals surface area contributed by atoms with E-state index in [4.69, 9.17) is 4.74 Å². The summed E-state index contributed by atoms with van der Waals surface area (Å²) in [7, 11) is 1.43. The third kappa shape index (κ3) is 3.66. The average molecular weight is 418 g/mol. The van der Waals surface area contributed by atoms with Crippen LogP contribution in [0, 0.1) is 5.82 Å². The molecule has 1 aliphatic rings. The van der Waals surface area contributed by atoms with E-state index in [0.717, 1.165) is 0 Å². The summed E-state index contributed by atoms with van der Waals surface area (Å²) in [5.41, 5.74) is 0.676. The van der Waals surface area contributed by atoms with Gasteiger partial charge in [0, 0.05) is 11.8 Å². The molecule has 0 aliphatic carbocycles. The number of hydrogen-bond donors (Lipinski definition) is 1. The Balaban J connectivity index is 1.92. The van der Waals surface area contributed by atoms with Crippen LogP contribution in [0.25, 0.3) is 5.76 Å². The van der Waals surface area contributed by atoms with E-state index in [2.05, 4.69) is 4.98 Å². The minimum Gasteiger partial charge on any atom is -0.507 e. The number of ether oxygens (including phenoxy) is 1. The maximum Gasteiger partial charge on any atom is 0.296 e. The number of hydrogen-bond acceptors (Lipinski definition) is 5. The fourth-order valence-corrected chi connectivity index (χ4v) is 3.71. The monoisotopic (exact) mass is 418 g/mol. The Labute approximate surface area is 178 Å². The fraction of sp³-hybridized carbons (Fsp3) is 0.125. The number of aliphatic hydroxyl groups is 1. The second-order valence-corrected chi connectivity index (χ2v) is 6.97. The van der Waals surface area contributed by atoms with Gasteiger partial charge < -0.3 is 14.7 Å². The molecule has 1 amide bonds. The molecule has 31 heavy (non-hydrogen) atoms. The summed E-state index contributed by atoms with van der Waals surface area (Å²) in [6.45, 7) is -0.0207. The van der Waals surface area contributed by atoms with Crippen LogP contribution in [0.15, 0.2) is 78.5 Å². The topological polar surface area (TPSA) is 79.7 Å². The molecule has 156 valence electrons. The lowest BCUT2D eigenvalue weighted by molar-refractivity contribution is -0.140. The smallest absolute Gasteiger partial charge is 0.296 e. The number of rotatable bonds is 5. The lowest BCUT2D eigenvalue weighted by Crippen LogP contribution is -2.30. The van der Waals surface area contributed by atoms with E-state index in [1.54, 1.807) is 54.7 Å². The Kier molecular flexibility index (Phi) is 5.49. The van der Waals surface area contributed by atoms with Crippen LogP contribution in [0.5, 0.6) is 5.75 Å². The highest BCUT2D eigenvalue weighted by molar-refractivity contribution is 6.46. The number of Topliss-reactive ketones (excluding diaryl/α,β-unsaturated/α-hetero) is 1. The predicted octanol–water partition coefficient (Wildman–Crippen LogP) is 3.85. The van der Waals surface area contributed by atoms with Crippen LogP contribution in [0.4, 0.5) is 4.39 Å². The number of halogens is 1. The first kappa shape index (κ1) is 20.3. The fourth-order valence-electron chi connectivity index (χ4n) is 3.71. The van der Waals surface area contributed by atoms with Crippen molar-refractivity contribution in [1.29, 1.82) is 0 Å². The molecule has 2 aromatic carbocycles. The van der Waals surface area contributed by atoms with Gasteiger partial charge in [-0.15, -0.1) is 0 Å². The number of likely N-dealkylation sites (tertiary alicyclic amines) is 1. The van der Waals surface area contributed by atoms with E-state index in [1.807, 2.05) is 0 Å². The molecule has 0 spiro atoms. The Morgan fingerprint density at radius 2 is 1.77 bits per heavy atom. The number of para-hydroxylation sites is 1. The zero-order valence-corrected chi connectivity index (χ0v) is 16.7. The molecule has 0 radical (unpaired) electrons. The van der Waals surface area contributed by atoms with Crippen molar-refractivity contribution in [3.8, 4) is 5.75 Å². The van der Waals surface area contributed by atoms with Crippen molar-refractivity contribution < 1.29 is 23.8 Å². The summed E-state index contributed by atoms with van der Waals surface area (Å²) >= 11 is 0. The molecule has 1 aromatic heterocycles. The number of carbonyl (C=O) groups excluding carboxylic acids is 2. The van der Waals surface area contributed by atoms with E-state index in [1.165, 1.54) is 30.2 Å². The summed E-state index contributed by atoms with van der Waals surface area (Å²) in [6, 6.07) is 16.5. The van der Waals surface area contributed by atoms with Gasteiger partial charge in [-0.25, -0.2) is 4.39 Å². The molecule has 1 unspecified atom stereocenters. The Morgan fingerprint density at radius 1 is 1.06 bits per heavy atom. The molecule has 1 aliphatic heterocycles. The first-order valence-corrected chi connectivity index (χ1v) is 9.59. The quantitative estimate of drug-likeness (QED) is 0.387. The number of carbonyl (C=O) groups is 2. The second kappa shape index (κ2) is 8.39. The zero-order chi connectivity index (χ0) is 22.0. The highest BCUT2D eigenvalue weighted by Crippen LogP contribution is 2.42. The molecule has 1 N–H and O–H groups in total. The van der Waals surface area contributed by atoms with Gasteiger partial charge in [0.15, 0.2) is 0 Å². The van der Waals surface area contributed by atoms with Gasteiger partial charge in [-0.3, -0.25) is 14.6 Å². The Morgan fingerprint density at radius 3 is 2.48 bits per heavy atom. The van der Waals surface area contributed by atoms with Crippen molar-refractivity contribution in [2.75, 3.05) is 7.11 Å².